The van der Waals surface area contributed by atoms with Gasteiger partial charge in [-0.2, -0.15) is 5.10 Å². The van der Waals surface area contributed by atoms with Crippen molar-refractivity contribution in [2.45, 2.75) is 33.1 Å². The highest BCUT2D eigenvalue weighted by Gasteiger charge is 2.55. The number of nitrogens with zero attached hydrogens (tertiary/aromatic N) is 5. The summed E-state index contributed by atoms with van der Waals surface area (Å²) in [7, 11) is 0. The summed E-state index contributed by atoms with van der Waals surface area (Å²) >= 11 is 6.81. The first-order valence-corrected chi connectivity index (χ1v) is 13.4. The number of benzene rings is 2. The van der Waals surface area contributed by atoms with Crippen molar-refractivity contribution in [1.29, 1.82) is 0 Å². The Kier molecular flexibility index (Phi) is 8.67. The van der Waals surface area contributed by atoms with E-state index in [1.165, 1.54) is 14.9 Å². The van der Waals surface area contributed by atoms with Crippen LogP contribution in [0, 0.1) is 0 Å². The third-order valence-corrected chi connectivity index (χ3v) is 6.58. The minimum atomic E-state index is -1.29. The van der Waals surface area contributed by atoms with Gasteiger partial charge < -0.3 is 14.2 Å². The van der Waals surface area contributed by atoms with Gasteiger partial charge in [0.2, 0.25) is 12.0 Å². The van der Waals surface area contributed by atoms with Gasteiger partial charge in [-0.15, -0.1) is 5.10 Å². The van der Waals surface area contributed by atoms with Crippen LogP contribution in [-0.2, 0) is 28.6 Å². The van der Waals surface area contributed by atoms with Gasteiger partial charge in [0.05, 0.1) is 31.2 Å². The molecule has 13 heteroatoms. The first kappa shape index (κ1) is 27.6. The lowest BCUT2D eigenvalue weighted by atomic mass is 10.1. The van der Waals surface area contributed by atoms with Crippen LogP contribution in [0.15, 0.2) is 67.7 Å². The fourth-order valence-corrected chi connectivity index (χ4v) is 4.52. The number of hydrogen-bond donors (Lipinski definition) is 0. The number of ether oxygens (including phenoxy) is 3. The molecular weight excluding hydrogens is 626 g/mol. The molecule has 2 aliphatic heterocycles. The van der Waals surface area contributed by atoms with Gasteiger partial charge in [0.25, 0.3) is 0 Å². The molecule has 38 heavy (non-hydrogen) atoms. The van der Waals surface area contributed by atoms with Crippen LogP contribution in [-0.4, -0.2) is 66.5 Å². The lowest BCUT2D eigenvalue weighted by Gasteiger charge is -2.43. The second kappa shape index (κ2) is 11.9. The Morgan fingerprint density at radius 2 is 1.24 bits per heavy atom. The van der Waals surface area contributed by atoms with Crippen molar-refractivity contribution in [3.63, 3.8) is 0 Å². The molecule has 2 unspecified atom stereocenters. The molecule has 0 N–H and O–H groups in total. The molecule has 0 amide bonds. The molecule has 2 atom stereocenters. The number of halogens is 2. The molecule has 2 aromatic carbocycles. The summed E-state index contributed by atoms with van der Waals surface area (Å²) in [5, 5.41) is 11.9. The van der Waals surface area contributed by atoms with Gasteiger partial charge in [0.1, 0.15) is 0 Å². The van der Waals surface area contributed by atoms with E-state index in [-0.39, 0.29) is 31.4 Å². The number of anilines is 2. The quantitative estimate of drug-likeness (QED) is 0.310. The van der Waals surface area contributed by atoms with E-state index < -0.39 is 30.2 Å². The number of hydrazone groups is 2. The number of carbonyl (C=O) groups is 3. The Balaban J connectivity index is 1.96. The molecule has 2 aromatic rings. The molecule has 4 rings (SSSR count). The average molecular weight is 651 g/mol. The molecule has 11 nitrogen and oxygen atoms in total. The lowest BCUT2D eigenvalue weighted by Crippen LogP contribution is -2.66. The number of rotatable bonds is 8. The summed E-state index contributed by atoms with van der Waals surface area (Å²) < 4.78 is 17.6. The summed E-state index contributed by atoms with van der Waals surface area (Å²) in [5.41, 5.74) is 0.928. The Labute approximate surface area is 236 Å². The minimum absolute atomic E-state index is 0.0773. The zero-order chi connectivity index (χ0) is 27.4. The smallest absolute Gasteiger partial charge is 0.376 e. The molecule has 2 heterocycles. The van der Waals surface area contributed by atoms with Crippen molar-refractivity contribution < 1.29 is 28.6 Å². The molecule has 0 saturated heterocycles. The van der Waals surface area contributed by atoms with Crippen molar-refractivity contribution in [2.75, 3.05) is 29.8 Å². The summed E-state index contributed by atoms with van der Waals surface area (Å²) in [5.74, 6) is -2.38. The molecule has 0 saturated carbocycles. The zero-order valence-corrected chi connectivity index (χ0v) is 24.0. The van der Waals surface area contributed by atoms with Crippen LogP contribution in [0.5, 0.6) is 0 Å². The average Bonchev–Trinajstić information content (AvgIpc) is 3.29. The Bertz CT molecular complexity index is 1270. The van der Waals surface area contributed by atoms with Crippen LogP contribution >= 0.6 is 31.9 Å². The first-order chi connectivity index (χ1) is 18.3. The molecule has 0 fully saturated rings. The maximum absolute atomic E-state index is 13.5. The van der Waals surface area contributed by atoms with Crippen LogP contribution in [0.3, 0.4) is 0 Å². The summed E-state index contributed by atoms with van der Waals surface area (Å²) in [4.78, 5) is 41.3. The van der Waals surface area contributed by atoms with Gasteiger partial charge in [-0.25, -0.2) is 24.4 Å². The normalized spacial score (nSPS) is 18.4. The third-order valence-electron chi connectivity index (χ3n) is 5.52. The maximum atomic E-state index is 13.5. The van der Waals surface area contributed by atoms with Crippen molar-refractivity contribution in [1.82, 2.24) is 4.90 Å². The second-order valence-electron chi connectivity index (χ2n) is 7.90. The number of hydrogen-bond acceptors (Lipinski definition) is 11. The summed E-state index contributed by atoms with van der Waals surface area (Å²) in [6.07, 6.45) is -2.39. The Hall–Kier alpha value is -3.45. The van der Waals surface area contributed by atoms with Crippen LogP contribution in [0.25, 0.3) is 0 Å². The van der Waals surface area contributed by atoms with Gasteiger partial charge in [-0.3, -0.25) is 4.90 Å². The Morgan fingerprint density at radius 3 is 1.76 bits per heavy atom. The largest absolute Gasteiger partial charge is 0.463 e. The van der Waals surface area contributed by atoms with Crippen molar-refractivity contribution >= 4 is 72.7 Å². The van der Waals surface area contributed by atoms with E-state index in [9.17, 15) is 14.4 Å². The molecule has 0 aliphatic carbocycles. The van der Waals surface area contributed by atoms with Gasteiger partial charge in [-0.1, -0.05) is 31.9 Å². The summed E-state index contributed by atoms with van der Waals surface area (Å²) in [6, 6.07) is 14.0. The predicted molar refractivity (Wildman–Crippen MR) is 147 cm³/mol. The van der Waals surface area contributed by atoms with Crippen LogP contribution < -0.4 is 10.0 Å². The summed E-state index contributed by atoms with van der Waals surface area (Å²) in [6.45, 7) is 5.26. The monoisotopic (exact) mass is 649 g/mol. The Morgan fingerprint density at radius 1 is 0.737 bits per heavy atom. The molecule has 0 bridgehead atoms. The first-order valence-electron chi connectivity index (χ1n) is 11.9. The molecule has 2 aliphatic rings. The van der Waals surface area contributed by atoms with Crippen molar-refractivity contribution in [3.05, 3.63) is 57.5 Å². The van der Waals surface area contributed by atoms with E-state index in [1.54, 1.807) is 69.3 Å². The number of carbonyl (C=O) groups excluding carboxylic acids is 3. The molecule has 0 spiro atoms. The zero-order valence-electron chi connectivity index (χ0n) is 20.8. The highest BCUT2D eigenvalue weighted by molar-refractivity contribution is 9.10. The van der Waals surface area contributed by atoms with E-state index in [0.29, 0.717) is 11.4 Å². The van der Waals surface area contributed by atoms with E-state index >= 15 is 0 Å². The second-order valence-corrected chi connectivity index (χ2v) is 9.73. The molecule has 0 radical (unpaired) electrons. The topological polar surface area (TPSA) is 113 Å². The number of amidine groups is 1. The number of fused-ring (bicyclic) bond motifs is 1. The predicted octanol–water partition coefficient (Wildman–Crippen LogP) is 3.86. The van der Waals surface area contributed by atoms with Crippen LogP contribution in [0.2, 0.25) is 0 Å². The highest BCUT2D eigenvalue weighted by Crippen LogP contribution is 2.36. The van der Waals surface area contributed by atoms with E-state index in [0.717, 1.165) is 8.95 Å². The fourth-order valence-electron chi connectivity index (χ4n) is 3.99. The van der Waals surface area contributed by atoms with Gasteiger partial charge >= 0.3 is 17.9 Å². The highest BCUT2D eigenvalue weighted by atomic mass is 79.9. The molecule has 0 aromatic heterocycles. The number of esters is 3. The SMILES string of the molecule is CCOC(=O)C1=NN(c2ccc(Br)cc2)C(C(=O)OCC)N2C(C(=O)OCC)=NN(c3ccc(Br)cc3)C12. The lowest BCUT2D eigenvalue weighted by molar-refractivity contribution is -0.149. The van der Waals surface area contributed by atoms with Crippen LogP contribution in [0.1, 0.15) is 20.8 Å². The van der Waals surface area contributed by atoms with Crippen molar-refractivity contribution in [3.8, 4) is 0 Å². The van der Waals surface area contributed by atoms with Gasteiger partial charge in [-0.05, 0) is 69.3 Å². The van der Waals surface area contributed by atoms with Crippen LogP contribution in [0.4, 0.5) is 11.4 Å². The fraction of sp³-hybridized carbons (Fsp3) is 0.320. The molecular formula is C25H25Br2N5O6. The van der Waals surface area contributed by atoms with Gasteiger partial charge in [0.15, 0.2) is 11.9 Å². The van der Waals surface area contributed by atoms with E-state index in [2.05, 4.69) is 42.1 Å². The molecule has 200 valence electrons. The van der Waals surface area contributed by atoms with E-state index in [1.807, 2.05) is 0 Å². The van der Waals surface area contributed by atoms with E-state index in [4.69, 9.17) is 14.2 Å². The standard InChI is InChI=1S/C25H25Br2N5O6/c1-4-36-23(33)19-21-30(20(24(34)37-5-2)29-31(21)17-11-7-15(26)8-12-17)22(25(35)38-6-3)32(28-19)18-13-9-16(27)10-14-18/h7-14,21-22H,4-6H2,1-3H3. The third kappa shape index (κ3) is 5.39. The van der Waals surface area contributed by atoms with Gasteiger partial charge in [0, 0.05) is 8.95 Å². The minimum Gasteiger partial charge on any atom is -0.463 e. The van der Waals surface area contributed by atoms with Crippen molar-refractivity contribution in [2.24, 2.45) is 10.2 Å². The maximum Gasteiger partial charge on any atom is 0.376 e.